The van der Waals surface area contributed by atoms with Crippen LogP contribution in [0.15, 0.2) is 0 Å². The van der Waals surface area contributed by atoms with Crippen LogP contribution in [0, 0.1) is 0 Å². The predicted molar refractivity (Wildman–Crippen MR) is 82.2 cm³/mol. The third kappa shape index (κ3) is 10.4. The van der Waals surface area contributed by atoms with E-state index in [1.165, 1.54) is 25.6 Å². The fourth-order valence-corrected chi connectivity index (χ4v) is 2.33. The molecule has 9 heteroatoms. The molecule has 0 aliphatic rings. The van der Waals surface area contributed by atoms with Gasteiger partial charge in [0.05, 0.1) is 12.6 Å². The molecular weight excluding hydrogens is 312 g/mol. The number of carbonyl (C=O) groups is 3. The maximum atomic E-state index is 11.7. The lowest BCUT2D eigenvalue weighted by atomic mass is 10.3. The van der Waals surface area contributed by atoms with Crippen LogP contribution in [-0.2, 0) is 23.9 Å². The molecule has 0 spiro atoms. The second-order valence-corrected chi connectivity index (χ2v) is 5.85. The minimum Gasteiger partial charge on any atom is -0.462 e. The van der Waals surface area contributed by atoms with Gasteiger partial charge in [-0.05, 0) is 6.92 Å². The topological polar surface area (TPSA) is 128 Å². The lowest BCUT2D eigenvalue weighted by Gasteiger charge is -2.18. The number of hydrogen-bond donors (Lipinski definition) is 3. The Hall–Kier alpha value is -1.32. The number of ether oxygens (including phenoxy) is 2. The Morgan fingerprint density at radius 2 is 1.86 bits per heavy atom. The number of amides is 1. The van der Waals surface area contributed by atoms with Crippen LogP contribution in [0.4, 0.5) is 0 Å². The van der Waals surface area contributed by atoms with Gasteiger partial charge < -0.3 is 25.6 Å². The lowest BCUT2D eigenvalue weighted by molar-refractivity contribution is -0.154. The summed E-state index contributed by atoms with van der Waals surface area (Å²) in [5, 5.41) is 11.4. The zero-order valence-corrected chi connectivity index (χ0v) is 13.9. The summed E-state index contributed by atoms with van der Waals surface area (Å²) in [6, 6.07) is -1.10. The Kier molecular flexibility index (Phi) is 10.6. The van der Waals surface area contributed by atoms with Crippen molar-refractivity contribution < 1.29 is 29.0 Å². The first-order chi connectivity index (χ1) is 10.3. The smallest absolute Gasteiger partial charge is 0.303 e. The highest BCUT2D eigenvalue weighted by molar-refractivity contribution is 7.99. The fourth-order valence-electron chi connectivity index (χ4n) is 1.36. The van der Waals surface area contributed by atoms with Crippen LogP contribution in [0.5, 0.6) is 0 Å². The number of nitrogens with two attached hydrogens (primary N) is 1. The molecule has 128 valence electrons. The highest BCUT2D eigenvalue weighted by atomic mass is 32.2. The largest absolute Gasteiger partial charge is 0.462 e. The second kappa shape index (κ2) is 11.3. The van der Waals surface area contributed by atoms with E-state index in [1.54, 1.807) is 6.92 Å². The Morgan fingerprint density at radius 1 is 1.23 bits per heavy atom. The van der Waals surface area contributed by atoms with Crippen LogP contribution < -0.4 is 11.1 Å². The SMILES string of the molecule is CC(=O)OC[C@H](CSC[C@H](N)C(=O)N[C@H](C)CO)OC(C)=O. The van der Waals surface area contributed by atoms with E-state index in [0.717, 1.165) is 0 Å². The Morgan fingerprint density at radius 3 is 2.36 bits per heavy atom. The van der Waals surface area contributed by atoms with Gasteiger partial charge in [0.25, 0.3) is 0 Å². The molecule has 0 heterocycles. The molecule has 0 unspecified atom stereocenters. The summed E-state index contributed by atoms with van der Waals surface area (Å²) >= 11 is 1.31. The average Bonchev–Trinajstić information content (AvgIpc) is 2.43. The van der Waals surface area contributed by atoms with Gasteiger partial charge in [0.1, 0.15) is 12.7 Å². The molecule has 0 aliphatic heterocycles. The van der Waals surface area contributed by atoms with E-state index >= 15 is 0 Å². The monoisotopic (exact) mass is 336 g/mol. The van der Waals surface area contributed by atoms with E-state index in [-0.39, 0.29) is 25.2 Å². The van der Waals surface area contributed by atoms with E-state index < -0.39 is 24.1 Å². The van der Waals surface area contributed by atoms with Crippen molar-refractivity contribution in [1.29, 1.82) is 0 Å². The molecule has 0 radical (unpaired) electrons. The summed E-state index contributed by atoms with van der Waals surface area (Å²) in [5.41, 5.74) is 5.72. The molecule has 0 rings (SSSR count). The van der Waals surface area contributed by atoms with Gasteiger partial charge in [-0.2, -0.15) is 11.8 Å². The van der Waals surface area contributed by atoms with Gasteiger partial charge >= 0.3 is 11.9 Å². The van der Waals surface area contributed by atoms with Gasteiger partial charge in [0.2, 0.25) is 5.91 Å². The number of nitrogens with one attached hydrogen (secondary N) is 1. The third-order valence-corrected chi connectivity index (χ3v) is 3.61. The maximum Gasteiger partial charge on any atom is 0.303 e. The van der Waals surface area contributed by atoms with Gasteiger partial charge in [-0.3, -0.25) is 14.4 Å². The molecule has 0 fully saturated rings. The molecule has 1 amide bonds. The van der Waals surface area contributed by atoms with Crippen molar-refractivity contribution in [2.45, 2.75) is 39.0 Å². The van der Waals surface area contributed by atoms with E-state index in [4.69, 9.17) is 20.3 Å². The lowest BCUT2D eigenvalue weighted by Crippen LogP contribution is -2.47. The Balaban J connectivity index is 4.16. The van der Waals surface area contributed by atoms with Gasteiger partial charge in [-0.1, -0.05) is 0 Å². The summed E-state index contributed by atoms with van der Waals surface area (Å²) in [6.07, 6.45) is -0.585. The summed E-state index contributed by atoms with van der Waals surface area (Å²) in [6.45, 7) is 3.99. The summed E-state index contributed by atoms with van der Waals surface area (Å²) in [4.78, 5) is 33.4. The summed E-state index contributed by atoms with van der Waals surface area (Å²) in [5.74, 6) is -0.642. The van der Waals surface area contributed by atoms with Crippen LogP contribution in [0.2, 0.25) is 0 Å². The first-order valence-electron chi connectivity index (χ1n) is 6.81. The van der Waals surface area contributed by atoms with Crippen LogP contribution in [0.3, 0.4) is 0 Å². The van der Waals surface area contributed by atoms with Crippen LogP contribution >= 0.6 is 11.8 Å². The molecule has 0 bridgehead atoms. The highest BCUT2D eigenvalue weighted by Gasteiger charge is 2.18. The minimum atomic E-state index is -0.745. The molecule has 22 heavy (non-hydrogen) atoms. The molecule has 0 saturated carbocycles. The van der Waals surface area contributed by atoms with Gasteiger partial charge in [-0.25, -0.2) is 0 Å². The Labute approximate surface area is 134 Å². The summed E-state index contributed by atoms with van der Waals surface area (Å²) in [7, 11) is 0. The van der Waals surface area contributed by atoms with E-state index in [9.17, 15) is 14.4 Å². The van der Waals surface area contributed by atoms with E-state index in [1.807, 2.05) is 0 Å². The second-order valence-electron chi connectivity index (χ2n) is 4.77. The molecule has 0 saturated heterocycles. The Bertz CT molecular complexity index is 380. The number of carbonyl (C=O) groups excluding carboxylic acids is 3. The van der Waals surface area contributed by atoms with Crippen molar-refractivity contribution in [2.75, 3.05) is 24.7 Å². The van der Waals surface area contributed by atoms with Crippen molar-refractivity contribution in [3.8, 4) is 0 Å². The molecule has 0 aromatic rings. The molecule has 0 aliphatic carbocycles. The number of aliphatic hydroxyl groups is 1. The minimum absolute atomic E-state index is 0.0368. The van der Waals surface area contributed by atoms with Gasteiger partial charge in [0.15, 0.2) is 0 Å². The van der Waals surface area contributed by atoms with Gasteiger partial charge in [0, 0.05) is 31.4 Å². The first kappa shape index (κ1) is 20.7. The standard InChI is InChI=1S/C13H24N2O6S/c1-8(4-16)15-13(19)12(14)7-22-6-11(21-10(3)18)5-20-9(2)17/h8,11-12,16H,4-7,14H2,1-3H3,(H,15,19)/t8-,11-,12+/m1/s1. The van der Waals surface area contributed by atoms with Gasteiger partial charge in [-0.15, -0.1) is 0 Å². The molecule has 4 N–H and O–H groups in total. The molecule has 0 aromatic carbocycles. The average molecular weight is 336 g/mol. The quantitative estimate of drug-likeness (QED) is 0.435. The first-order valence-corrected chi connectivity index (χ1v) is 7.96. The number of aliphatic hydroxyl groups excluding tert-OH is 1. The van der Waals surface area contributed by atoms with E-state index in [0.29, 0.717) is 11.5 Å². The van der Waals surface area contributed by atoms with Crippen molar-refractivity contribution in [3.05, 3.63) is 0 Å². The van der Waals surface area contributed by atoms with Crippen molar-refractivity contribution in [1.82, 2.24) is 5.32 Å². The van der Waals surface area contributed by atoms with Crippen LogP contribution in [0.25, 0.3) is 0 Å². The number of esters is 2. The zero-order chi connectivity index (χ0) is 17.1. The van der Waals surface area contributed by atoms with E-state index in [2.05, 4.69) is 5.32 Å². The van der Waals surface area contributed by atoms with Crippen LogP contribution in [0.1, 0.15) is 20.8 Å². The number of thioether (sulfide) groups is 1. The zero-order valence-electron chi connectivity index (χ0n) is 13.0. The summed E-state index contributed by atoms with van der Waals surface area (Å²) < 4.78 is 9.82. The molecular formula is C13H24N2O6S. The molecule has 0 aromatic heterocycles. The van der Waals surface area contributed by atoms with Crippen molar-refractivity contribution >= 4 is 29.6 Å². The molecule has 3 atom stereocenters. The third-order valence-electron chi connectivity index (χ3n) is 2.41. The molecule has 8 nitrogen and oxygen atoms in total. The fraction of sp³-hybridized carbons (Fsp3) is 0.769. The maximum absolute atomic E-state index is 11.7. The van der Waals surface area contributed by atoms with Crippen molar-refractivity contribution in [3.63, 3.8) is 0 Å². The number of rotatable bonds is 10. The van der Waals surface area contributed by atoms with Crippen molar-refractivity contribution in [2.24, 2.45) is 5.73 Å². The normalized spacial score (nSPS) is 14.6. The number of hydrogen-bond acceptors (Lipinski definition) is 8. The van der Waals surface area contributed by atoms with Crippen LogP contribution in [-0.4, -0.2) is 65.9 Å². The highest BCUT2D eigenvalue weighted by Crippen LogP contribution is 2.09. The predicted octanol–water partition coefficient (Wildman–Crippen LogP) is -0.961.